The molecule has 1 N–H and O–H groups in total. The van der Waals surface area contributed by atoms with Gasteiger partial charge in [0.15, 0.2) is 0 Å². The molecule has 96 valence electrons. The lowest BCUT2D eigenvalue weighted by molar-refractivity contribution is 0.540. The van der Waals surface area contributed by atoms with E-state index < -0.39 is 0 Å². The van der Waals surface area contributed by atoms with E-state index in [1.54, 1.807) is 0 Å². The van der Waals surface area contributed by atoms with E-state index in [-0.39, 0.29) is 6.04 Å². The molecule has 1 unspecified atom stereocenters. The second kappa shape index (κ2) is 5.78. The number of nitrogens with zero attached hydrogens (tertiary/aromatic N) is 3. The summed E-state index contributed by atoms with van der Waals surface area (Å²) in [5.41, 5.74) is 3.66. The third-order valence-electron chi connectivity index (χ3n) is 3.14. The average molecular weight is 244 g/mol. The van der Waals surface area contributed by atoms with Crippen molar-refractivity contribution in [1.29, 1.82) is 0 Å². The van der Waals surface area contributed by atoms with Crippen molar-refractivity contribution in [2.45, 2.75) is 33.4 Å². The Morgan fingerprint density at radius 1 is 1.28 bits per heavy atom. The SMILES string of the molecule is CCNC(c1cnccc1C)c1ccnn1CC. The molecule has 0 spiro atoms. The maximum atomic E-state index is 4.35. The van der Waals surface area contributed by atoms with Gasteiger partial charge in [-0.3, -0.25) is 9.67 Å². The second-order valence-corrected chi connectivity index (χ2v) is 4.29. The van der Waals surface area contributed by atoms with E-state index >= 15 is 0 Å². The highest BCUT2D eigenvalue weighted by Crippen LogP contribution is 2.23. The highest BCUT2D eigenvalue weighted by Gasteiger charge is 2.18. The summed E-state index contributed by atoms with van der Waals surface area (Å²) in [4.78, 5) is 4.24. The highest BCUT2D eigenvalue weighted by atomic mass is 15.3. The first-order valence-electron chi connectivity index (χ1n) is 6.43. The number of rotatable bonds is 5. The lowest BCUT2D eigenvalue weighted by atomic mass is 10.0. The standard InChI is InChI=1S/C14H20N4/c1-4-16-14(12-10-15-8-6-11(12)3)13-7-9-17-18(13)5-2/h6-10,14,16H,4-5H2,1-3H3. The van der Waals surface area contributed by atoms with Crippen LogP contribution in [0.3, 0.4) is 0 Å². The molecular weight excluding hydrogens is 224 g/mol. The van der Waals surface area contributed by atoms with Crippen molar-refractivity contribution in [3.05, 3.63) is 47.5 Å². The number of aromatic nitrogens is 3. The van der Waals surface area contributed by atoms with E-state index in [1.807, 2.05) is 29.3 Å². The van der Waals surface area contributed by atoms with E-state index in [0.29, 0.717) is 0 Å². The first-order chi connectivity index (χ1) is 8.77. The molecule has 0 saturated carbocycles. The van der Waals surface area contributed by atoms with Gasteiger partial charge >= 0.3 is 0 Å². The van der Waals surface area contributed by atoms with E-state index in [4.69, 9.17) is 0 Å². The zero-order valence-corrected chi connectivity index (χ0v) is 11.2. The van der Waals surface area contributed by atoms with Gasteiger partial charge in [-0.2, -0.15) is 5.10 Å². The molecule has 1 atom stereocenters. The molecule has 2 heterocycles. The molecule has 0 aliphatic heterocycles. The lowest BCUT2D eigenvalue weighted by Gasteiger charge is -2.20. The van der Waals surface area contributed by atoms with Crippen LogP contribution in [0.2, 0.25) is 0 Å². The van der Waals surface area contributed by atoms with Gasteiger partial charge in [-0.05, 0) is 43.7 Å². The summed E-state index contributed by atoms with van der Waals surface area (Å²) in [5.74, 6) is 0. The van der Waals surface area contributed by atoms with Gasteiger partial charge < -0.3 is 5.32 Å². The van der Waals surface area contributed by atoms with Gasteiger partial charge in [-0.1, -0.05) is 6.92 Å². The molecule has 18 heavy (non-hydrogen) atoms. The minimum atomic E-state index is 0.158. The van der Waals surface area contributed by atoms with Gasteiger partial charge in [0.25, 0.3) is 0 Å². The summed E-state index contributed by atoms with van der Waals surface area (Å²) in [5, 5.41) is 7.87. The Morgan fingerprint density at radius 3 is 2.78 bits per heavy atom. The van der Waals surface area contributed by atoms with Crippen LogP contribution < -0.4 is 5.32 Å². The van der Waals surface area contributed by atoms with Crippen molar-refractivity contribution in [2.75, 3.05) is 6.54 Å². The largest absolute Gasteiger partial charge is 0.305 e. The summed E-state index contributed by atoms with van der Waals surface area (Å²) in [6.07, 6.45) is 5.63. The molecule has 2 rings (SSSR count). The van der Waals surface area contributed by atoms with Crippen LogP contribution in [0.1, 0.15) is 36.7 Å². The van der Waals surface area contributed by atoms with E-state index in [1.165, 1.54) is 16.8 Å². The van der Waals surface area contributed by atoms with Gasteiger partial charge in [0.05, 0.1) is 11.7 Å². The van der Waals surface area contributed by atoms with E-state index in [0.717, 1.165) is 13.1 Å². The molecule has 0 aliphatic rings. The van der Waals surface area contributed by atoms with Crippen molar-refractivity contribution in [2.24, 2.45) is 0 Å². The molecule has 0 radical (unpaired) electrons. The van der Waals surface area contributed by atoms with E-state index in [9.17, 15) is 0 Å². The summed E-state index contributed by atoms with van der Waals surface area (Å²) in [7, 11) is 0. The smallest absolute Gasteiger partial charge is 0.0765 e. The van der Waals surface area contributed by atoms with Crippen LogP contribution >= 0.6 is 0 Å². The molecule has 0 aliphatic carbocycles. The quantitative estimate of drug-likeness (QED) is 0.877. The van der Waals surface area contributed by atoms with Crippen LogP contribution in [0.25, 0.3) is 0 Å². The maximum Gasteiger partial charge on any atom is 0.0765 e. The van der Waals surface area contributed by atoms with Crippen LogP contribution in [0, 0.1) is 6.92 Å². The summed E-state index contributed by atoms with van der Waals surface area (Å²) in [6.45, 7) is 8.13. The number of aryl methyl sites for hydroxylation is 2. The van der Waals surface area contributed by atoms with E-state index in [2.05, 4.69) is 42.2 Å². The van der Waals surface area contributed by atoms with Gasteiger partial charge in [0.2, 0.25) is 0 Å². The first-order valence-corrected chi connectivity index (χ1v) is 6.43. The Bertz CT molecular complexity index is 504. The van der Waals surface area contributed by atoms with Crippen LogP contribution in [0.15, 0.2) is 30.7 Å². The first kappa shape index (κ1) is 12.8. The van der Waals surface area contributed by atoms with Crippen molar-refractivity contribution in [3.63, 3.8) is 0 Å². The minimum Gasteiger partial charge on any atom is -0.305 e. The normalized spacial score (nSPS) is 12.6. The van der Waals surface area contributed by atoms with Crippen LogP contribution in [-0.2, 0) is 6.54 Å². The van der Waals surface area contributed by atoms with Crippen molar-refractivity contribution < 1.29 is 0 Å². The molecule has 0 aromatic carbocycles. The monoisotopic (exact) mass is 244 g/mol. The third kappa shape index (κ3) is 2.43. The Hall–Kier alpha value is -1.68. The van der Waals surface area contributed by atoms with Crippen LogP contribution in [-0.4, -0.2) is 21.3 Å². The fraction of sp³-hybridized carbons (Fsp3) is 0.429. The fourth-order valence-electron chi connectivity index (χ4n) is 2.21. The molecule has 0 amide bonds. The zero-order chi connectivity index (χ0) is 13.0. The molecule has 0 saturated heterocycles. The third-order valence-corrected chi connectivity index (χ3v) is 3.14. The Balaban J connectivity index is 2.43. The average Bonchev–Trinajstić information content (AvgIpc) is 2.85. The van der Waals surface area contributed by atoms with Crippen molar-refractivity contribution in [1.82, 2.24) is 20.1 Å². The maximum absolute atomic E-state index is 4.35. The molecule has 0 bridgehead atoms. The fourth-order valence-corrected chi connectivity index (χ4v) is 2.21. The minimum absolute atomic E-state index is 0.158. The molecule has 0 fully saturated rings. The van der Waals surface area contributed by atoms with Crippen molar-refractivity contribution >= 4 is 0 Å². The number of hydrogen-bond acceptors (Lipinski definition) is 3. The Morgan fingerprint density at radius 2 is 2.11 bits per heavy atom. The van der Waals surface area contributed by atoms with Crippen LogP contribution in [0.4, 0.5) is 0 Å². The number of pyridine rings is 1. The summed E-state index contributed by atoms with van der Waals surface area (Å²) >= 11 is 0. The van der Waals surface area contributed by atoms with Gasteiger partial charge in [0.1, 0.15) is 0 Å². The zero-order valence-electron chi connectivity index (χ0n) is 11.2. The lowest BCUT2D eigenvalue weighted by Crippen LogP contribution is -2.25. The van der Waals surface area contributed by atoms with Crippen molar-refractivity contribution in [3.8, 4) is 0 Å². The molecule has 4 nitrogen and oxygen atoms in total. The molecule has 2 aromatic heterocycles. The number of nitrogens with one attached hydrogen (secondary N) is 1. The van der Waals surface area contributed by atoms with Gasteiger partial charge in [-0.15, -0.1) is 0 Å². The predicted molar refractivity (Wildman–Crippen MR) is 72.4 cm³/mol. The molecular formula is C14H20N4. The van der Waals surface area contributed by atoms with Crippen LogP contribution in [0.5, 0.6) is 0 Å². The molecule has 4 heteroatoms. The topological polar surface area (TPSA) is 42.7 Å². The number of hydrogen-bond donors (Lipinski definition) is 1. The Kier molecular flexibility index (Phi) is 4.10. The highest BCUT2D eigenvalue weighted by molar-refractivity contribution is 5.31. The summed E-state index contributed by atoms with van der Waals surface area (Å²) in [6, 6.07) is 4.28. The molecule has 2 aromatic rings. The van der Waals surface area contributed by atoms with Gasteiger partial charge in [0, 0.05) is 25.1 Å². The Labute approximate surface area is 108 Å². The second-order valence-electron chi connectivity index (χ2n) is 4.29. The summed E-state index contributed by atoms with van der Waals surface area (Å²) < 4.78 is 2.03. The van der Waals surface area contributed by atoms with Gasteiger partial charge in [-0.25, -0.2) is 0 Å². The predicted octanol–water partition coefficient (Wildman–Crippen LogP) is 2.31.